The van der Waals surface area contributed by atoms with Crippen LogP contribution in [0.3, 0.4) is 0 Å². The molecule has 1 aromatic rings. The number of aromatic nitrogens is 1. The Bertz CT molecular complexity index is 612. The summed E-state index contributed by atoms with van der Waals surface area (Å²) in [4.78, 5) is 32.3. The third-order valence-electron chi connectivity index (χ3n) is 4.52. The Kier molecular flexibility index (Phi) is 5.62. The molecule has 2 saturated heterocycles. The molecule has 1 aromatic heterocycles. The van der Waals surface area contributed by atoms with Gasteiger partial charge in [0.15, 0.2) is 0 Å². The maximum atomic E-state index is 12.7. The maximum absolute atomic E-state index is 12.7. The monoisotopic (exact) mass is 348 g/mol. The first-order valence-electron chi connectivity index (χ1n) is 8.46. The van der Waals surface area contributed by atoms with E-state index in [2.05, 4.69) is 10.3 Å². The van der Waals surface area contributed by atoms with Crippen LogP contribution in [0.25, 0.3) is 0 Å². The van der Waals surface area contributed by atoms with Crippen molar-refractivity contribution in [3.05, 3.63) is 30.1 Å². The van der Waals surface area contributed by atoms with Crippen molar-refractivity contribution in [2.24, 2.45) is 0 Å². The molecule has 1 spiro atoms. The molecule has 0 unspecified atom stereocenters. The molecule has 2 aliphatic heterocycles. The number of hydrogen-bond acceptors (Lipinski definition) is 6. The molecule has 0 aromatic carbocycles. The van der Waals surface area contributed by atoms with Crippen molar-refractivity contribution in [1.29, 1.82) is 0 Å². The highest BCUT2D eigenvalue weighted by atomic mass is 16.5. The Balaban J connectivity index is 1.71. The Morgan fingerprint density at radius 2 is 2.20 bits per heavy atom. The van der Waals surface area contributed by atoms with Crippen molar-refractivity contribution >= 4 is 11.8 Å². The number of pyridine rings is 1. The molecule has 0 saturated carbocycles. The molecule has 1 atom stereocenters. The van der Waals surface area contributed by atoms with Gasteiger partial charge in [-0.25, -0.2) is 0 Å². The number of nitrogens with one attached hydrogen (secondary N) is 1. The topological polar surface area (TPSA) is 84.0 Å². The molecule has 0 aliphatic carbocycles. The van der Waals surface area contributed by atoms with Crippen molar-refractivity contribution in [3.8, 4) is 0 Å². The predicted molar refractivity (Wildman–Crippen MR) is 90.1 cm³/mol. The van der Waals surface area contributed by atoms with E-state index in [0.29, 0.717) is 58.1 Å². The molecular weight excluding hydrogens is 324 g/mol. The Morgan fingerprint density at radius 1 is 1.32 bits per heavy atom. The van der Waals surface area contributed by atoms with E-state index in [1.54, 1.807) is 36.5 Å². The Labute approximate surface area is 147 Å². The molecule has 1 N–H and O–H groups in total. The summed E-state index contributed by atoms with van der Waals surface area (Å²) in [6, 6.07) is 3.52. The normalized spacial score (nSPS) is 24.8. The van der Waals surface area contributed by atoms with Crippen LogP contribution < -0.4 is 5.32 Å². The van der Waals surface area contributed by atoms with Gasteiger partial charge in [-0.15, -0.1) is 0 Å². The first kappa shape index (κ1) is 17.8. The van der Waals surface area contributed by atoms with Crippen LogP contribution in [0, 0.1) is 0 Å². The minimum atomic E-state index is -0.610. The van der Waals surface area contributed by atoms with Gasteiger partial charge in [0.25, 0.3) is 5.91 Å². The van der Waals surface area contributed by atoms with Gasteiger partial charge in [0.1, 0.15) is 5.60 Å². The second-order valence-corrected chi connectivity index (χ2v) is 6.44. The number of carbonyl (C=O) groups is 2. The summed E-state index contributed by atoms with van der Waals surface area (Å²) in [6.45, 7) is 3.87. The molecule has 0 bridgehead atoms. The van der Waals surface area contributed by atoms with Gasteiger partial charge in [-0.05, 0) is 12.1 Å². The third-order valence-corrected chi connectivity index (χ3v) is 4.52. The average molecular weight is 348 g/mol. The van der Waals surface area contributed by atoms with E-state index >= 15 is 0 Å². The van der Waals surface area contributed by atoms with Crippen LogP contribution in [0.15, 0.2) is 24.5 Å². The maximum Gasteiger partial charge on any atom is 0.255 e. The minimum Gasteiger partial charge on any atom is -0.377 e. The highest BCUT2D eigenvalue weighted by Gasteiger charge is 2.42. The lowest BCUT2D eigenvalue weighted by molar-refractivity contribution is -0.136. The first-order valence-corrected chi connectivity index (χ1v) is 8.46. The molecular formula is C17H24N4O4. The zero-order valence-electron chi connectivity index (χ0n) is 14.4. The number of rotatable bonds is 3. The van der Waals surface area contributed by atoms with E-state index in [1.165, 1.54) is 0 Å². The smallest absolute Gasteiger partial charge is 0.255 e. The fourth-order valence-electron chi connectivity index (χ4n) is 3.27. The third kappa shape index (κ3) is 4.33. The number of nitrogens with zero attached hydrogens (tertiary/aromatic N) is 3. The zero-order chi connectivity index (χ0) is 17.7. The second kappa shape index (κ2) is 7.90. The van der Waals surface area contributed by atoms with E-state index in [0.717, 1.165) is 0 Å². The number of amides is 2. The van der Waals surface area contributed by atoms with Gasteiger partial charge in [0.2, 0.25) is 5.91 Å². The van der Waals surface area contributed by atoms with Crippen molar-refractivity contribution < 1.29 is 19.1 Å². The standard InChI is InChI=1S/C17H24N4O4/c1-18-15(22)10-20-5-7-24-13-17(11-20)12-21(6-8-25-17)16(23)14-3-2-4-19-9-14/h2-4,9H,5-8,10-13H2,1H3,(H,18,22)/t17-/m0/s1. The van der Waals surface area contributed by atoms with Gasteiger partial charge in [0, 0.05) is 39.1 Å². The van der Waals surface area contributed by atoms with Crippen LogP contribution in [0.1, 0.15) is 10.4 Å². The van der Waals surface area contributed by atoms with E-state index < -0.39 is 5.60 Å². The van der Waals surface area contributed by atoms with Crippen LogP contribution in [0.2, 0.25) is 0 Å². The van der Waals surface area contributed by atoms with Crippen molar-refractivity contribution in [3.63, 3.8) is 0 Å². The number of ether oxygens (including phenoxy) is 2. The summed E-state index contributed by atoms with van der Waals surface area (Å²) >= 11 is 0. The Morgan fingerprint density at radius 3 is 2.96 bits per heavy atom. The van der Waals surface area contributed by atoms with Crippen LogP contribution in [0.4, 0.5) is 0 Å². The highest BCUT2D eigenvalue weighted by molar-refractivity contribution is 5.94. The molecule has 8 heteroatoms. The summed E-state index contributed by atoms with van der Waals surface area (Å²) in [5, 5.41) is 2.64. The fraction of sp³-hybridized carbons (Fsp3) is 0.588. The number of hydrogen-bond donors (Lipinski definition) is 1. The largest absolute Gasteiger partial charge is 0.377 e. The number of likely N-dealkylation sites (N-methyl/N-ethyl adjacent to an activating group) is 1. The predicted octanol–water partition coefficient (Wildman–Crippen LogP) is -0.629. The van der Waals surface area contributed by atoms with Crippen LogP contribution in [-0.4, -0.2) is 91.8 Å². The van der Waals surface area contributed by atoms with E-state index in [9.17, 15) is 9.59 Å². The molecule has 2 fully saturated rings. The molecule has 25 heavy (non-hydrogen) atoms. The summed E-state index contributed by atoms with van der Waals surface area (Å²) in [5.41, 5.74) is -0.0445. The molecule has 3 heterocycles. The van der Waals surface area contributed by atoms with Crippen molar-refractivity contribution in [1.82, 2.24) is 20.1 Å². The lowest BCUT2D eigenvalue weighted by Gasteiger charge is -2.43. The van der Waals surface area contributed by atoms with Crippen molar-refractivity contribution in [2.75, 3.05) is 59.6 Å². The molecule has 136 valence electrons. The molecule has 2 amide bonds. The van der Waals surface area contributed by atoms with Crippen LogP contribution in [-0.2, 0) is 14.3 Å². The SMILES string of the molecule is CNC(=O)CN1CCOC[C@]2(C1)CN(C(=O)c1cccnc1)CCO2. The molecule has 8 nitrogen and oxygen atoms in total. The quantitative estimate of drug-likeness (QED) is 0.783. The van der Waals surface area contributed by atoms with Crippen LogP contribution in [0.5, 0.6) is 0 Å². The summed E-state index contributed by atoms with van der Waals surface area (Å²) < 4.78 is 11.8. The fourth-order valence-corrected chi connectivity index (χ4v) is 3.27. The van der Waals surface area contributed by atoms with Crippen molar-refractivity contribution in [2.45, 2.75) is 5.60 Å². The van der Waals surface area contributed by atoms with E-state index in [-0.39, 0.29) is 11.8 Å². The van der Waals surface area contributed by atoms with Gasteiger partial charge in [-0.1, -0.05) is 0 Å². The van der Waals surface area contributed by atoms with E-state index in [4.69, 9.17) is 9.47 Å². The van der Waals surface area contributed by atoms with Crippen LogP contribution >= 0.6 is 0 Å². The number of carbonyl (C=O) groups excluding carboxylic acids is 2. The summed E-state index contributed by atoms with van der Waals surface area (Å²) in [5.74, 6) is -0.103. The second-order valence-electron chi connectivity index (χ2n) is 6.44. The van der Waals surface area contributed by atoms with Gasteiger partial charge < -0.3 is 19.7 Å². The highest BCUT2D eigenvalue weighted by Crippen LogP contribution is 2.23. The minimum absolute atomic E-state index is 0.0452. The first-order chi connectivity index (χ1) is 12.1. The number of morpholine rings is 1. The van der Waals surface area contributed by atoms with Gasteiger partial charge >= 0.3 is 0 Å². The zero-order valence-corrected chi connectivity index (χ0v) is 14.4. The van der Waals surface area contributed by atoms with Gasteiger partial charge in [0.05, 0.1) is 38.5 Å². The summed E-state index contributed by atoms with van der Waals surface area (Å²) in [6.07, 6.45) is 3.22. The molecule has 2 aliphatic rings. The van der Waals surface area contributed by atoms with Gasteiger partial charge in [-0.2, -0.15) is 0 Å². The lowest BCUT2D eigenvalue weighted by atomic mass is 10.0. The summed E-state index contributed by atoms with van der Waals surface area (Å²) in [7, 11) is 1.62. The molecule has 0 radical (unpaired) electrons. The lowest BCUT2D eigenvalue weighted by Crippen LogP contribution is -2.60. The molecule has 3 rings (SSSR count). The van der Waals surface area contributed by atoms with E-state index in [1.807, 2.05) is 4.90 Å². The van der Waals surface area contributed by atoms with Gasteiger partial charge in [-0.3, -0.25) is 19.5 Å². The average Bonchev–Trinajstić information content (AvgIpc) is 2.83. The Hall–Kier alpha value is -2.03.